The Bertz CT molecular complexity index is 1090. The van der Waals surface area contributed by atoms with Crippen molar-refractivity contribution in [2.24, 2.45) is 0 Å². The van der Waals surface area contributed by atoms with Crippen molar-refractivity contribution >= 4 is 34.3 Å². The van der Waals surface area contributed by atoms with Crippen LogP contribution in [0.25, 0.3) is 6.08 Å². The van der Waals surface area contributed by atoms with Gasteiger partial charge in [-0.25, -0.2) is 8.42 Å². The van der Waals surface area contributed by atoms with Crippen LogP contribution in [-0.4, -0.2) is 38.3 Å². The lowest BCUT2D eigenvalue weighted by atomic mass is 9.73. The van der Waals surface area contributed by atoms with Gasteiger partial charge >= 0.3 is 7.12 Å². The molecule has 0 N–H and O–H groups in total. The Morgan fingerprint density at radius 1 is 1.03 bits per heavy atom. The third-order valence-electron chi connectivity index (χ3n) is 6.10. The lowest BCUT2D eigenvalue weighted by Gasteiger charge is -2.32. The van der Waals surface area contributed by atoms with Crippen molar-refractivity contribution in [3.63, 3.8) is 0 Å². The Morgan fingerprint density at radius 3 is 2.13 bits per heavy atom. The largest absolute Gasteiger partial charge is 0.495 e. The van der Waals surface area contributed by atoms with E-state index in [9.17, 15) is 13.2 Å². The molecule has 0 radical (unpaired) electrons. The summed E-state index contributed by atoms with van der Waals surface area (Å²) in [4.78, 5) is 13.3. The molecule has 0 unspecified atom stereocenters. The molecule has 1 heterocycles. The quantitative estimate of drug-likeness (QED) is 0.484. The number of hydrogen-bond donors (Lipinski definition) is 0. The minimum atomic E-state index is -3.23. The van der Waals surface area contributed by atoms with E-state index in [2.05, 4.69) is 6.58 Å². The average molecular weight is 440 g/mol. The molecular formula is C24H29BO5S. The summed E-state index contributed by atoms with van der Waals surface area (Å²) in [6.07, 6.45) is 1.72. The number of carbonyl (C=O) groups is 1. The fourth-order valence-electron chi connectivity index (χ4n) is 3.36. The van der Waals surface area contributed by atoms with Gasteiger partial charge in [-0.15, -0.1) is 0 Å². The maximum atomic E-state index is 13.3. The molecule has 31 heavy (non-hydrogen) atoms. The van der Waals surface area contributed by atoms with E-state index in [4.69, 9.17) is 9.31 Å². The predicted octanol–water partition coefficient (Wildman–Crippen LogP) is 3.79. The van der Waals surface area contributed by atoms with E-state index in [-0.39, 0.29) is 17.3 Å². The summed E-state index contributed by atoms with van der Waals surface area (Å²) in [7, 11) is -4.00. The molecule has 0 atom stereocenters. The normalized spacial score (nSPS) is 17.5. The second-order valence-corrected chi connectivity index (χ2v) is 11.2. The number of rotatable bonds is 7. The van der Waals surface area contributed by atoms with Crippen molar-refractivity contribution in [2.75, 3.05) is 5.75 Å². The number of carbonyl (C=O) groups excluding carboxylic acids is 1. The molecule has 2 aromatic carbocycles. The van der Waals surface area contributed by atoms with Crippen LogP contribution in [0.2, 0.25) is 0 Å². The first-order valence-corrected chi connectivity index (χ1v) is 12.2. The fourth-order valence-corrected chi connectivity index (χ4v) is 4.25. The van der Waals surface area contributed by atoms with E-state index in [0.717, 1.165) is 5.56 Å². The smallest absolute Gasteiger partial charge is 0.399 e. The van der Waals surface area contributed by atoms with Crippen LogP contribution in [0.5, 0.6) is 0 Å². The molecule has 5 nitrogen and oxygen atoms in total. The minimum Gasteiger partial charge on any atom is -0.399 e. The third kappa shape index (κ3) is 4.84. The standard InChI is InChI=1S/C24H29BO5S/c1-7-17-9-12-19(13-10-17)22(26)20-14-11-18(16-31(27,28)8-2)15-21(20)25-29-23(3,4)24(5,6)30-25/h7,9-15H,1,8,16H2,2-6H3. The number of sulfone groups is 1. The Hall–Kier alpha value is -2.22. The lowest BCUT2D eigenvalue weighted by Crippen LogP contribution is -2.41. The molecule has 1 aliphatic heterocycles. The van der Waals surface area contributed by atoms with Gasteiger partial charge < -0.3 is 9.31 Å². The van der Waals surface area contributed by atoms with E-state index in [1.165, 1.54) is 0 Å². The SMILES string of the molecule is C=Cc1ccc(C(=O)c2ccc(CS(=O)(=O)CC)cc2B2OC(C)(C)C(C)(C)O2)cc1. The minimum absolute atomic E-state index is 0.0508. The van der Waals surface area contributed by atoms with Crippen LogP contribution in [0.15, 0.2) is 49.0 Å². The molecule has 1 aliphatic rings. The molecule has 0 aliphatic carbocycles. The van der Waals surface area contributed by atoms with Crippen molar-refractivity contribution < 1.29 is 22.5 Å². The van der Waals surface area contributed by atoms with Gasteiger partial charge in [-0.2, -0.15) is 0 Å². The Kier molecular flexibility index (Phi) is 6.34. The van der Waals surface area contributed by atoms with E-state index in [1.54, 1.807) is 43.3 Å². The van der Waals surface area contributed by atoms with E-state index in [1.807, 2.05) is 39.8 Å². The van der Waals surface area contributed by atoms with Crippen molar-refractivity contribution in [1.82, 2.24) is 0 Å². The fraction of sp³-hybridized carbons (Fsp3) is 0.375. The predicted molar refractivity (Wildman–Crippen MR) is 125 cm³/mol. The summed E-state index contributed by atoms with van der Waals surface area (Å²) in [5, 5.41) is 0. The van der Waals surface area contributed by atoms with Crippen molar-refractivity contribution in [3.05, 3.63) is 71.3 Å². The third-order valence-corrected chi connectivity index (χ3v) is 7.76. The van der Waals surface area contributed by atoms with E-state index >= 15 is 0 Å². The van der Waals surface area contributed by atoms with Crippen LogP contribution in [-0.2, 0) is 24.9 Å². The summed E-state index contributed by atoms with van der Waals surface area (Å²) < 4.78 is 36.7. The summed E-state index contributed by atoms with van der Waals surface area (Å²) in [5.74, 6) is -0.224. The highest BCUT2D eigenvalue weighted by molar-refractivity contribution is 7.90. The van der Waals surface area contributed by atoms with Crippen molar-refractivity contribution in [1.29, 1.82) is 0 Å². The molecule has 0 aromatic heterocycles. The summed E-state index contributed by atoms with van der Waals surface area (Å²) in [6.45, 7) is 13.1. The van der Waals surface area contributed by atoms with E-state index in [0.29, 0.717) is 22.2 Å². The van der Waals surface area contributed by atoms with Crippen LogP contribution < -0.4 is 5.46 Å². The summed E-state index contributed by atoms with van der Waals surface area (Å²) in [6, 6.07) is 12.2. The molecule has 7 heteroatoms. The van der Waals surface area contributed by atoms with Gasteiger partial charge in [-0.05, 0) is 44.3 Å². The maximum absolute atomic E-state index is 13.3. The van der Waals surface area contributed by atoms with Gasteiger partial charge in [0.1, 0.15) is 0 Å². The molecule has 0 amide bonds. The van der Waals surface area contributed by atoms with Crippen LogP contribution in [0, 0.1) is 0 Å². The van der Waals surface area contributed by atoms with Crippen molar-refractivity contribution in [3.8, 4) is 0 Å². The highest BCUT2D eigenvalue weighted by atomic mass is 32.2. The van der Waals surface area contributed by atoms with Gasteiger partial charge in [0.2, 0.25) is 0 Å². The average Bonchev–Trinajstić information content (AvgIpc) is 2.94. The van der Waals surface area contributed by atoms with Crippen molar-refractivity contribution in [2.45, 2.75) is 51.6 Å². The van der Waals surface area contributed by atoms with Gasteiger partial charge in [0.15, 0.2) is 15.6 Å². The first-order chi connectivity index (χ1) is 14.4. The molecule has 3 rings (SSSR count). The zero-order chi connectivity index (χ0) is 23.0. The molecule has 0 spiro atoms. The topological polar surface area (TPSA) is 69.7 Å². The second kappa shape index (κ2) is 8.38. The number of benzene rings is 2. The van der Waals surface area contributed by atoms with Crippen LogP contribution in [0.4, 0.5) is 0 Å². The highest BCUT2D eigenvalue weighted by Gasteiger charge is 2.52. The highest BCUT2D eigenvalue weighted by Crippen LogP contribution is 2.37. The molecule has 1 fully saturated rings. The van der Waals surface area contributed by atoms with Gasteiger partial charge in [0.25, 0.3) is 0 Å². The molecule has 0 saturated carbocycles. The Balaban J connectivity index is 2.07. The van der Waals surface area contributed by atoms with Crippen LogP contribution >= 0.6 is 0 Å². The molecule has 164 valence electrons. The zero-order valence-electron chi connectivity index (χ0n) is 18.8. The summed E-state index contributed by atoms with van der Waals surface area (Å²) in [5.41, 5.74) is 1.84. The number of hydrogen-bond acceptors (Lipinski definition) is 5. The van der Waals surface area contributed by atoms with Gasteiger partial charge in [0.05, 0.1) is 17.0 Å². The molecule has 0 bridgehead atoms. The molecule has 1 saturated heterocycles. The van der Waals surface area contributed by atoms with Gasteiger partial charge in [-0.1, -0.05) is 62.0 Å². The lowest BCUT2D eigenvalue weighted by molar-refractivity contribution is 0.00578. The Labute approximate surface area is 185 Å². The monoisotopic (exact) mass is 440 g/mol. The Morgan fingerprint density at radius 2 is 1.61 bits per heavy atom. The van der Waals surface area contributed by atoms with Crippen LogP contribution in [0.3, 0.4) is 0 Å². The van der Waals surface area contributed by atoms with Crippen LogP contribution in [0.1, 0.15) is 61.7 Å². The first kappa shape index (κ1) is 23.4. The molecule has 2 aromatic rings. The first-order valence-electron chi connectivity index (χ1n) is 10.4. The maximum Gasteiger partial charge on any atom is 0.495 e. The van der Waals surface area contributed by atoms with E-state index < -0.39 is 28.2 Å². The van der Waals surface area contributed by atoms with Gasteiger partial charge in [0, 0.05) is 16.9 Å². The summed E-state index contributed by atoms with van der Waals surface area (Å²) >= 11 is 0. The second-order valence-electron chi connectivity index (χ2n) is 8.84. The molecular weight excluding hydrogens is 411 g/mol. The zero-order valence-corrected chi connectivity index (χ0v) is 19.6. The number of ketones is 1. The van der Waals surface area contributed by atoms with Gasteiger partial charge in [-0.3, -0.25) is 4.79 Å².